The molecule has 1 rings (SSSR count). The highest BCUT2D eigenvalue weighted by Crippen LogP contribution is 2.16. The molecule has 1 unspecified atom stereocenters. The van der Waals surface area contributed by atoms with Crippen molar-refractivity contribution >= 4 is 0 Å². The van der Waals surface area contributed by atoms with Gasteiger partial charge in [0.1, 0.15) is 0 Å². The molecule has 98 valence electrons. The van der Waals surface area contributed by atoms with Crippen LogP contribution >= 0.6 is 0 Å². The molecule has 0 spiro atoms. The topological polar surface area (TPSA) is 15.3 Å². The molecule has 0 heterocycles. The van der Waals surface area contributed by atoms with Crippen LogP contribution in [0, 0.1) is 0 Å². The Hall–Kier alpha value is -1.38. The number of nitrogens with one attached hydrogen (secondary N) is 1. The lowest BCUT2D eigenvalue weighted by molar-refractivity contribution is 0.311. The zero-order chi connectivity index (χ0) is 13.2. The summed E-state index contributed by atoms with van der Waals surface area (Å²) in [5, 5.41) is 3.38. The molecule has 1 aromatic rings. The van der Waals surface area contributed by atoms with Crippen LogP contribution in [0.3, 0.4) is 0 Å². The van der Waals surface area contributed by atoms with Crippen molar-refractivity contribution in [2.24, 2.45) is 0 Å². The molecule has 0 bridgehead atoms. The highest BCUT2D eigenvalue weighted by atomic mass is 15.1. The van der Waals surface area contributed by atoms with E-state index in [0.29, 0.717) is 6.04 Å². The van der Waals surface area contributed by atoms with Crippen molar-refractivity contribution in [2.45, 2.75) is 12.5 Å². The van der Waals surface area contributed by atoms with E-state index in [4.69, 9.17) is 0 Å². The maximum Gasteiger partial charge on any atom is 0.0329 e. The molecule has 2 heteroatoms. The molecule has 1 atom stereocenters. The third-order valence-electron chi connectivity index (χ3n) is 3.06. The molecular weight excluding hydrogens is 220 g/mol. The van der Waals surface area contributed by atoms with E-state index in [2.05, 4.69) is 53.7 Å². The first-order valence-electron chi connectivity index (χ1n) is 6.48. The van der Waals surface area contributed by atoms with E-state index in [1.807, 2.05) is 19.2 Å². The van der Waals surface area contributed by atoms with Gasteiger partial charge in [-0.3, -0.25) is 4.90 Å². The number of rotatable bonds is 9. The maximum absolute atomic E-state index is 3.80. The Morgan fingerprint density at radius 1 is 1.17 bits per heavy atom. The first-order chi connectivity index (χ1) is 8.81. The van der Waals surface area contributed by atoms with E-state index in [0.717, 1.165) is 26.1 Å². The fourth-order valence-electron chi connectivity index (χ4n) is 2.10. The molecule has 1 N–H and O–H groups in total. The van der Waals surface area contributed by atoms with E-state index < -0.39 is 0 Å². The van der Waals surface area contributed by atoms with E-state index in [-0.39, 0.29) is 0 Å². The highest BCUT2D eigenvalue weighted by Gasteiger charge is 2.10. The van der Waals surface area contributed by atoms with Crippen LogP contribution in [0.25, 0.3) is 0 Å². The smallest absolute Gasteiger partial charge is 0.0329 e. The summed E-state index contributed by atoms with van der Waals surface area (Å²) >= 11 is 0. The molecule has 0 saturated heterocycles. The van der Waals surface area contributed by atoms with Crippen LogP contribution in [0.5, 0.6) is 0 Å². The molecule has 0 fully saturated rings. The van der Waals surface area contributed by atoms with Crippen LogP contribution < -0.4 is 5.32 Å². The number of benzene rings is 1. The molecule has 0 aliphatic carbocycles. The molecular formula is C16H24N2. The van der Waals surface area contributed by atoms with Crippen LogP contribution in [-0.4, -0.2) is 31.6 Å². The van der Waals surface area contributed by atoms with Crippen LogP contribution in [-0.2, 0) is 0 Å². The van der Waals surface area contributed by atoms with Crippen molar-refractivity contribution in [2.75, 3.05) is 26.7 Å². The van der Waals surface area contributed by atoms with Crippen molar-refractivity contribution in [3.05, 3.63) is 61.2 Å². The summed E-state index contributed by atoms with van der Waals surface area (Å²) in [6.45, 7) is 10.5. The number of nitrogens with zero attached hydrogens (tertiary/aromatic N) is 1. The first kappa shape index (κ1) is 14.7. The Morgan fingerprint density at radius 2 is 1.78 bits per heavy atom. The summed E-state index contributed by atoms with van der Waals surface area (Å²) in [6, 6.07) is 11.0. The first-order valence-corrected chi connectivity index (χ1v) is 6.48. The molecule has 1 aromatic carbocycles. The predicted octanol–water partition coefficient (Wildman–Crippen LogP) is 3.01. The van der Waals surface area contributed by atoms with E-state index in [1.54, 1.807) is 0 Å². The second kappa shape index (κ2) is 8.67. The summed E-state index contributed by atoms with van der Waals surface area (Å²) in [5.74, 6) is 0. The Kier molecular flexibility index (Phi) is 7.07. The highest BCUT2D eigenvalue weighted by molar-refractivity contribution is 5.18. The van der Waals surface area contributed by atoms with Gasteiger partial charge in [0.2, 0.25) is 0 Å². The van der Waals surface area contributed by atoms with E-state index in [1.165, 1.54) is 5.56 Å². The SMILES string of the molecule is C=CCN(CC=C)CCC(NC)c1ccccc1. The Morgan fingerprint density at radius 3 is 2.28 bits per heavy atom. The minimum absolute atomic E-state index is 0.406. The van der Waals surface area contributed by atoms with Gasteiger partial charge in [0, 0.05) is 25.7 Å². The molecule has 0 aliphatic heterocycles. The van der Waals surface area contributed by atoms with Gasteiger partial charge < -0.3 is 5.32 Å². The largest absolute Gasteiger partial charge is 0.313 e. The molecule has 0 saturated carbocycles. The van der Waals surface area contributed by atoms with Gasteiger partial charge in [-0.25, -0.2) is 0 Å². The standard InChI is InChI=1S/C16H24N2/c1-4-12-18(13-5-2)14-11-16(17-3)15-9-7-6-8-10-15/h4-10,16-17H,1-2,11-14H2,3H3. The molecule has 0 amide bonds. The lowest BCUT2D eigenvalue weighted by atomic mass is 10.0. The summed E-state index contributed by atoms with van der Waals surface area (Å²) in [6.07, 6.45) is 4.98. The van der Waals surface area contributed by atoms with E-state index >= 15 is 0 Å². The molecule has 18 heavy (non-hydrogen) atoms. The van der Waals surface area contributed by atoms with Crippen molar-refractivity contribution in [1.29, 1.82) is 0 Å². The Balaban J connectivity index is 2.52. The lowest BCUT2D eigenvalue weighted by Crippen LogP contribution is -2.28. The molecule has 0 aromatic heterocycles. The van der Waals surface area contributed by atoms with E-state index in [9.17, 15) is 0 Å². The van der Waals surface area contributed by atoms with Gasteiger partial charge in [0.05, 0.1) is 0 Å². The summed E-state index contributed by atoms with van der Waals surface area (Å²) in [4.78, 5) is 2.34. The van der Waals surface area contributed by atoms with Gasteiger partial charge in [0.25, 0.3) is 0 Å². The minimum atomic E-state index is 0.406. The summed E-state index contributed by atoms with van der Waals surface area (Å²) in [5.41, 5.74) is 1.34. The zero-order valence-corrected chi connectivity index (χ0v) is 11.3. The van der Waals surface area contributed by atoms with Crippen molar-refractivity contribution < 1.29 is 0 Å². The zero-order valence-electron chi connectivity index (χ0n) is 11.3. The van der Waals surface area contributed by atoms with Crippen LogP contribution in [0.1, 0.15) is 18.0 Å². The quantitative estimate of drug-likeness (QED) is 0.672. The second-order valence-corrected chi connectivity index (χ2v) is 4.38. The number of hydrogen-bond acceptors (Lipinski definition) is 2. The van der Waals surface area contributed by atoms with Gasteiger partial charge in [-0.05, 0) is 19.0 Å². The predicted molar refractivity (Wildman–Crippen MR) is 79.7 cm³/mol. The van der Waals surface area contributed by atoms with Crippen molar-refractivity contribution in [3.63, 3.8) is 0 Å². The fourth-order valence-corrected chi connectivity index (χ4v) is 2.10. The molecule has 0 aliphatic rings. The molecule has 0 radical (unpaired) electrons. The lowest BCUT2D eigenvalue weighted by Gasteiger charge is -2.23. The van der Waals surface area contributed by atoms with Gasteiger partial charge in [-0.1, -0.05) is 42.5 Å². The maximum atomic E-state index is 3.80. The van der Waals surface area contributed by atoms with Crippen molar-refractivity contribution in [1.82, 2.24) is 10.2 Å². The summed E-state index contributed by atoms with van der Waals surface area (Å²) in [7, 11) is 2.02. The van der Waals surface area contributed by atoms with Crippen molar-refractivity contribution in [3.8, 4) is 0 Å². The van der Waals surface area contributed by atoms with Gasteiger partial charge in [-0.15, -0.1) is 13.2 Å². The van der Waals surface area contributed by atoms with Crippen LogP contribution in [0.4, 0.5) is 0 Å². The monoisotopic (exact) mass is 244 g/mol. The second-order valence-electron chi connectivity index (χ2n) is 4.38. The normalized spacial score (nSPS) is 12.3. The third-order valence-corrected chi connectivity index (χ3v) is 3.06. The van der Waals surface area contributed by atoms with Crippen LogP contribution in [0.2, 0.25) is 0 Å². The Bertz CT molecular complexity index is 335. The van der Waals surface area contributed by atoms with Gasteiger partial charge >= 0.3 is 0 Å². The van der Waals surface area contributed by atoms with Crippen LogP contribution in [0.15, 0.2) is 55.6 Å². The minimum Gasteiger partial charge on any atom is -0.313 e. The van der Waals surface area contributed by atoms with Gasteiger partial charge in [-0.2, -0.15) is 0 Å². The third kappa shape index (κ3) is 4.86. The van der Waals surface area contributed by atoms with Gasteiger partial charge in [0.15, 0.2) is 0 Å². The fraction of sp³-hybridized carbons (Fsp3) is 0.375. The number of hydrogen-bond donors (Lipinski definition) is 1. The summed E-state index contributed by atoms with van der Waals surface area (Å²) < 4.78 is 0. The average molecular weight is 244 g/mol. The Labute approximate surface area is 111 Å². The molecule has 2 nitrogen and oxygen atoms in total. The average Bonchev–Trinajstić information content (AvgIpc) is 2.41.